The maximum absolute atomic E-state index is 12.9. The lowest BCUT2D eigenvalue weighted by Gasteiger charge is -2.06. The van der Waals surface area contributed by atoms with Crippen LogP contribution >= 0.6 is 0 Å². The molecule has 0 aliphatic rings. The van der Waals surface area contributed by atoms with Crippen LogP contribution in [0, 0.1) is 28.5 Å². The number of benzene rings is 1. The third-order valence-electron chi connectivity index (χ3n) is 2.33. The number of anilines is 1. The Hall–Kier alpha value is -2.79. The number of hydrogen-bond donors (Lipinski definition) is 1. The zero-order valence-electron chi connectivity index (χ0n) is 9.27. The number of nitriles is 2. The largest absolute Gasteiger partial charge is 0.449 e. The number of rotatable bonds is 3. The van der Waals surface area contributed by atoms with E-state index in [1.54, 1.807) is 12.1 Å². The fourth-order valence-electron chi connectivity index (χ4n) is 1.48. The molecule has 0 fully saturated rings. The van der Waals surface area contributed by atoms with Crippen molar-refractivity contribution in [2.45, 2.75) is 6.54 Å². The van der Waals surface area contributed by atoms with E-state index in [0.29, 0.717) is 18.0 Å². The molecule has 2 aromatic rings. The lowest BCUT2D eigenvalue weighted by atomic mass is 10.2. The van der Waals surface area contributed by atoms with Gasteiger partial charge >= 0.3 is 0 Å². The smallest absolute Gasteiger partial charge is 0.203 e. The fourth-order valence-corrected chi connectivity index (χ4v) is 1.48. The molecule has 1 aromatic heterocycles. The first-order valence-corrected chi connectivity index (χ1v) is 5.15. The topological polar surface area (TPSA) is 72.8 Å². The minimum atomic E-state index is -0.457. The molecule has 0 radical (unpaired) electrons. The quantitative estimate of drug-likeness (QED) is 0.896. The summed E-state index contributed by atoms with van der Waals surface area (Å²) in [4.78, 5) is 0. The van der Waals surface area contributed by atoms with E-state index in [1.165, 1.54) is 12.1 Å². The van der Waals surface area contributed by atoms with E-state index in [9.17, 15) is 4.39 Å². The molecule has 0 aliphatic heterocycles. The second-order valence-corrected chi connectivity index (χ2v) is 3.53. The van der Waals surface area contributed by atoms with Crippen molar-refractivity contribution >= 4 is 5.69 Å². The van der Waals surface area contributed by atoms with Gasteiger partial charge in [0.25, 0.3) is 0 Å². The van der Waals surface area contributed by atoms with Crippen LogP contribution < -0.4 is 5.32 Å². The van der Waals surface area contributed by atoms with Crippen LogP contribution in [0.25, 0.3) is 0 Å². The Morgan fingerprint density at radius 3 is 2.67 bits per heavy atom. The van der Waals surface area contributed by atoms with E-state index in [2.05, 4.69) is 5.32 Å². The average molecular weight is 241 g/mol. The first-order chi connectivity index (χ1) is 8.72. The van der Waals surface area contributed by atoms with E-state index in [0.717, 1.165) is 6.07 Å². The van der Waals surface area contributed by atoms with Gasteiger partial charge in [0.2, 0.25) is 5.76 Å². The molecular formula is C13H8FN3O. The van der Waals surface area contributed by atoms with Crippen LogP contribution in [0.4, 0.5) is 10.1 Å². The first-order valence-electron chi connectivity index (χ1n) is 5.15. The van der Waals surface area contributed by atoms with Crippen LogP contribution in [-0.2, 0) is 6.54 Å². The van der Waals surface area contributed by atoms with Gasteiger partial charge in [0.1, 0.15) is 23.7 Å². The van der Waals surface area contributed by atoms with Crippen molar-refractivity contribution in [1.29, 1.82) is 10.5 Å². The average Bonchev–Trinajstić information content (AvgIpc) is 2.85. The minimum absolute atomic E-state index is 0.224. The van der Waals surface area contributed by atoms with Gasteiger partial charge in [0, 0.05) is 0 Å². The molecule has 4 nitrogen and oxygen atoms in total. The summed E-state index contributed by atoms with van der Waals surface area (Å²) in [6, 6.07) is 10.9. The summed E-state index contributed by atoms with van der Waals surface area (Å²) in [5.41, 5.74) is 0.746. The van der Waals surface area contributed by atoms with Gasteiger partial charge in [0.15, 0.2) is 0 Å². The molecule has 2 rings (SSSR count). The van der Waals surface area contributed by atoms with Crippen LogP contribution in [0.1, 0.15) is 17.1 Å². The number of nitrogens with one attached hydrogen (secondary N) is 1. The van der Waals surface area contributed by atoms with Crippen LogP contribution in [0.15, 0.2) is 34.7 Å². The van der Waals surface area contributed by atoms with Crippen LogP contribution in [0.5, 0.6) is 0 Å². The summed E-state index contributed by atoms with van der Waals surface area (Å²) in [5.74, 6) is 0.341. The van der Waals surface area contributed by atoms with Crippen molar-refractivity contribution in [2.24, 2.45) is 0 Å². The van der Waals surface area contributed by atoms with Crippen molar-refractivity contribution in [3.05, 3.63) is 53.2 Å². The molecule has 1 aromatic carbocycles. The molecule has 1 heterocycles. The highest BCUT2D eigenvalue weighted by Gasteiger charge is 2.05. The third-order valence-corrected chi connectivity index (χ3v) is 2.33. The van der Waals surface area contributed by atoms with Gasteiger partial charge in [-0.15, -0.1) is 0 Å². The van der Waals surface area contributed by atoms with Crippen molar-refractivity contribution in [3.63, 3.8) is 0 Å². The summed E-state index contributed by atoms with van der Waals surface area (Å²) >= 11 is 0. The molecule has 1 N–H and O–H groups in total. The molecule has 0 aliphatic carbocycles. The summed E-state index contributed by atoms with van der Waals surface area (Å²) in [6.07, 6.45) is 0. The summed E-state index contributed by atoms with van der Waals surface area (Å²) in [5, 5.41) is 20.4. The Bertz CT molecular complexity index is 649. The fraction of sp³-hybridized carbons (Fsp3) is 0.0769. The van der Waals surface area contributed by atoms with Crippen LogP contribution in [-0.4, -0.2) is 0 Å². The van der Waals surface area contributed by atoms with Gasteiger partial charge in [-0.05, 0) is 30.3 Å². The Labute approximate surface area is 103 Å². The Balaban J connectivity index is 2.11. The van der Waals surface area contributed by atoms with Gasteiger partial charge in [0.05, 0.1) is 17.8 Å². The van der Waals surface area contributed by atoms with Crippen molar-refractivity contribution in [1.82, 2.24) is 0 Å². The zero-order valence-corrected chi connectivity index (χ0v) is 9.27. The van der Waals surface area contributed by atoms with Crippen molar-refractivity contribution in [3.8, 4) is 12.1 Å². The predicted molar refractivity (Wildman–Crippen MR) is 61.9 cm³/mol. The van der Waals surface area contributed by atoms with Gasteiger partial charge in [-0.3, -0.25) is 0 Å². The number of nitrogens with zero attached hydrogens (tertiary/aromatic N) is 2. The van der Waals surface area contributed by atoms with E-state index in [-0.39, 0.29) is 11.3 Å². The molecule has 0 unspecified atom stereocenters. The van der Waals surface area contributed by atoms with Crippen LogP contribution in [0.2, 0.25) is 0 Å². The van der Waals surface area contributed by atoms with Gasteiger partial charge in [-0.25, -0.2) is 4.39 Å². The Kier molecular flexibility index (Phi) is 3.26. The molecule has 0 atom stereocenters. The molecule has 18 heavy (non-hydrogen) atoms. The lowest BCUT2D eigenvalue weighted by Crippen LogP contribution is -2.00. The Morgan fingerprint density at radius 2 is 2.00 bits per heavy atom. The zero-order chi connectivity index (χ0) is 13.0. The molecule has 0 saturated heterocycles. The highest BCUT2D eigenvalue weighted by Crippen LogP contribution is 2.17. The van der Waals surface area contributed by atoms with E-state index in [1.807, 2.05) is 12.1 Å². The molecule has 0 spiro atoms. The second-order valence-electron chi connectivity index (χ2n) is 3.53. The van der Waals surface area contributed by atoms with E-state index < -0.39 is 5.82 Å². The van der Waals surface area contributed by atoms with Gasteiger partial charge < -0.3 is 9.73 Å². The number of halogens is 1. The molecular weight excluding hydrogens is 233 g/mol. The highest BCUT2D eigenvalue weighted by atomic mass is 19.1. The van der Waals surface area contributed by atoms with Gasteiger partial charge in [-0.2, -0.15) is 10.5 Å². The molecule has 0 saturated carbocycles. The molecule has 5 heteroatoms. The molecule has 0 amide bonds. The van der Waals surface area contributed by atoms with Crippen molar-refractivity contribution in [2.75, 3.05) is 5.32 Å². The summed E-state index contributed by atoms with van der Waals surface area (Å²) in [6.45, 7) is 0.321. The van der Waals surface area contributed by atoms with Gasteiger partial charge in [-0.1, -0.05) is 0 Å². The third kappa shape index (κ3) is 2.47. The lowest BCUT2D eigenvalue weighted by molar-refractivity contribution is 0.506. The maximum Gasteiger partial charge on any atom is 0.203 e. The maximum atomic E-state index is 12.9. The summed E-state index contributed by atoms with van der Waals surface area (Å²) in [7, 11) is 0. The Morgan fingerprint density at radius 1 is 1.17 bits per heavy atom. The molecule has 0 bridgehead atoms. The van der Waals surface area contributed by atoms with Crippen LogP contribution in [0.3, 0.4) is 0 Å². The van der Waals surface area contributed by atoms with E-state index in [4.69, 9.17) is 14.9 Å². The highest BCUT2D eigenvalue weighted by molar-refractivity contribution is 5.57. The first kappa shape index (κ1) is 11.7. The van der Waals surface area contributed by atoms with Crippen molar-refractivity contribution < 1.29 is 8.81 Å². The molecule has 88 valence electrons. The number of furan rings is 1. The summed E-state index contributed by atoms with van der Waals surface area (Å²) < 4.78 is 18.1. The second kappa shape index (κ2) is 5.03. The SMILES string of the molecule is N#Cc1ccc(CNc2ccc(F)cc2C#N)o1. The monoisotopic (exact) mass is 241 g/mol. The predicted octanol–water partition coefficient (Wildman–Crippen LogP) is 2.77. The standard InChI is InChI=1S/C13H8FN3O/c14-10-1-4-13(9(5-10)6-15)17-8-12-3-2-11(7-16)18-12/h1-5,17H,8H2. The minimum Gasteiger partial charge on any atom is -0.449 e. The normalized spacial score (nSPS) is 9.50. The number of hydrogen-bond acceptors (Lipinski definition) is 4. The van der Waals surface area contributed by atoms with E-state index >= 15 is 0 Å².